The van der Waals surface area contributed by atoms with E-state index in [1.165, 1.54) is 0 Å². The van der Waals surface area contributed by atoms with Crippen molar-refractivity contribution < 1.29 is 28.7 Å². The molecular weight excluding hydrogens is 658 g/mol. The monoisotopic (exact) mass is 707 g/mol. The normalized spacial score (nSPS) is 12.5. The molecule has 274 valence electrons. The van der Waals surface area contributed by atoms with Gasteiger partial charge in [-0.1, -0.05) is 91.0 Å². The lowest BCUT2D eigenvalue weighted by Gasteiger charge is -2.24. The fraction of sp³-hybridized carbons (Fsp3) is 0.317. The number of hydrogen-bond acceptors (Lipinski definition) is 7. The molecule has 0 aliphatic carbocycles. The molecule has 0 aliphatic heterocycles. The minimum absolute atomic E-state index is 0.149. The van der Waals surface area contributed by atoms with Gasteiger partial charge in [0, 0.05) is 13.0 Å². The van der Waals surface area contributed by atoms with Crippen molar-refractivity contribution in [2.24, 2.45) is 11.5 Å². The number of carbonyl (C=O) groups excluding carboxylic acids is 4. The molecule has 4 rings (SSSR count). The summed E-state index contributed by atoms with van der Waals surface area (Å²) in [6.45, 7) is 4.77. The Bertz CT molecular complexity index is 1730. The Labute approximate surface area is 305 Å². The Balaban J connectivity index is 1.35. The van der Waals surface area contributed by atoms with Crippen LogP contribution in [-0.4, -0.2) is 48.5 Å². The molecule has 11 nitrogen and oxygen atoms in total. The highest BCUT2D eigenvalue weighted by atomic mass is 16.5. The number of unbranched alkanes of at least 4 members (excludes halogenated alkanes) is 1. The number of alkyl carbamates (subject to hydrolysis) is 1. The van der Waals surface area contributed by atoms with Crippen LogP contribution in [0.15, 0.2) is 103 Å². The van der Waals surface area contributed by atoms with Crippen molar-refractivity contribution in [1.29, 1.82) is 0 Å². The fourth-order valence-electron chi connectivity index (χ4n) is 5.74. The summed E-state index contributed by atoms with van der Waals surface area (Å²) in [5.41, 5.74) is 17.6. The second-order valence-electron chi connectivity index (χ2n) is 12.8. The van der Waals surface area contributed by atoms with Gasteiger partial charge in [-0.05, 0) is 85.0 Å². The molecule has 0 fully saturated rings. The first-order valence-corrected chi connectivity index (χ1v) is 17.5. The zero-order valence-corrected chi connectivity index (χ0v) is 29.8. The van der Waals surface area contributed by atoms with Gasteiger partial charge in [-0.25, -0.2) is 4.79 Å². The van der Waals surface area contributed by atoms with E-state index in [9.17, 15) is 19.2 Å². The molecule has 0 spiro atoms. The molecule has 52 heavy (non-hydrogen) atoms. The molecule has 4 aromatic carbocycles. The Morgan fingerprint density at radius 1 is 0.673 bits per heavy atom. The molecular formula is C41H49N5O6. The van der Waals surface area contributed by atoms with Crippen molar-refractivity contribution in [1.82, 2.24) is 16.0 Å². The van der Waals surface area contributed by atoms with Crippen molar-refractivity contribution in [2.45, 2.75) is 77.3 Å². The topological polar surface area (TPSA) is 175 Å². The SMILES string of the molecule is Cc1cc(OCc2ccccc2)cc(C)c1CC(N)C(=O)NC(CCCCNC(=O)OCc1ccccc1)C(=O)NC(Cc1ccccc1)C(N)=O. The minimum Gasteiger partial charge on any atom is -0.489 e. The lowest BCUT2D eigenvalue weighted by atomic mass is 9.95. The first kappa shape index (κ1) is 39.1. The molecule has 0 saturated carbocycles. The number of carbonyl (C=O) groups is 4. The van der Waals surface area contributed by atoms with Crippen LogP contribution in [0, 0.1) is 13.8 Å². The number of benzene rings is 4. The first-order chi connectivity index (χ1) is 25.1. The summed E-state index contributed by atoms with van der Waals surface area (Å²) in [5, 5.41) is 8.24. The summed E-state index contributed by atoms with van der Waals surface area (Å²) in [6.07, 6.45) is 1.09. The summed E-state index contributed by atoms with van der Waals surface area (Å²) in [5.74, 6) is -1.04. The first-order valence-electron chi connectivity index (χ1n) is 17.5. The molecule has 3 unspecified atom stereocenters. The molecule has 0 heterocycles. The lowest BCUT2D eigenvalue weighted by Crippen LogP contribution is -2.56. The van der Waals surface area contributed by atoms with Crippen LogP contribution in [0.3, 0.4) is 0 Å². The van der Waals surface area contributed by atoms with Crippen LogP contribution < -0.4 is 32.2 Å². The van der Waals surface area contributed by atoms with Crippen molar-refractivity contribution in [3.8, 4) is 5.75 Å². The Morgan fingerprint density at radius 2 is 1.21 bits per heavy atom. The van der Waals surface area contributed by atoms with Crippen LogP contribution in [-0.2, 0) is 45.2 Å². The van der Waals surface area contributed by atoms with Crippen molar-refractivity contribution in [3.63, 3.8) is 0 Å². The predicted molar refractivity (Wildman–Crippen MR) is 200 cm³/mol. The number of primary amides is 1. The lowest BCUT2D eigenvalue weighted by molar-refractivity contribution is -0.131. The van der Waals surface area contributed by atoms with Crippen LogP contribution in [0.2, 0.25) is 0 Å². The van der Waals surface area contributed by atoms with Gasteiger partial charge in [-0.15, -0.1) is 0 Å². The highest BCUT2D eigenvalue weighted by Gasteiger charge is 2.28. The Hall–Kier alpha value is -5.68. The van der Waals surface area contributed by atoms with Crippen LogP contribution in [0.1, 0.15) is 52.6 Å². The number of nitrogens with two attached hydrogens (primary N) is 2. The second kappa shape index (κ2) is 20.2. The van der Waals surface area contributed by atoms with Gasteiger partial charge < -0.3 is 36.9 Å². The van der Waals surface area contributed by atoms with E-state index in [1.54, 1.807) is 0 Å². The van der Waals surface area contributed by atoms with Crippen LogP contribution in [0.25, 0.3) is 0 Å². The number of rotatable bonds is 19. The van der Waals surface area contributed by atoms with Gasteiger partial charge in [-0.3, -0.25) is 14.4 Å². The number of nitrogens with one attached hydrogen (secondary N) is 3. The van der Waals surface area contributed by atoms with E-state index in [4.69, 9.17) is 20.9 Å². The zero-order chi connectivity index (χ0) is 37.3. The summed E-state index contributed by atoms with van der Waals surface area (Å²) in [4.78, 5) is 51.6. The predicted octanol–water partition coefficient (Wildman–Crippen LogP) is 4.55. The van der Waals surface area contributed by atoms with Gasteiger partial charge in [0.25, 0.3) is 0 Å². The number of amides is 4. The van der Waals surface area contributed by atoms with E-state index in [2.05, 4.69) is 16.0 Å². The van der Waals surface area contributed by atoms with E-state index in [1.807, 2.05) is 117 Å². The largest absolute Gasteiger partial charge is 0.489 e. The molecule has 11 heteroatoms. The number of ether oxygens (including phenoxy) is 2. The van der Waals surface area contributed by atoms with Gasteiger partial charge in [0.05, 0.1) is 6.04 Å². The molecule has 0 bridgehead atoms. The van der Waals surface area contributed by atoms with Gasteiger partial charge in [0.1, 0.15) is 31.0 Å². The number of aryl methyl sites for hydroxylation is 2. The molecule has 3 atom stereocenters. The van der Waals surface area contributed by atoms with E-state index in [-0.39, 0.29) is 25.9 Å². The van der Waals surface area contributed by atoms with Crippen LogP contribution >= 0.6 is 0 Å². The average Bonchev–Trinajstić information content (AvgIpc) is 3.14. The highest BCUT2D eigenvalue weighted by molar-refractivity contribution is 5.92. The van der Waals surface area contributed by atoms with Gasteiger partial charge in [0.15, 0.2) is 0 Å². The summed E-state index contributed by atoms with van der Waals surface area (Å²) < 4.78 is 11.3. The third-order valence-electron chi connectivity index (χ3n) is 8.66. The van der Waals surface area contributed by atoms with Gasteiger partial charge in [0.2, 0.25) is 17.7 Å². The maximum absolute atomic E-state index is 13.6. The maximum Gasteiger partial charge on any atom is 0.407 e. The third-order valence-corrected chi connectivity index (χ3v) is 8.66. The van der Waals surface area contributed by atoms with Gasteiger partial charge >= 0.3 is 6.09 Å². The maximum atomic E-state index is 13.6. The van der Waals surface area contributed by atoms with Crippen LogP contribution in [0.5, 0.6) is 5.75 Å². The molecule has 4 amide bonds. The third kappa shape index (κ3) is 12.9. The smallest absolute Gasteiger partial charge is 0.407 e. The van der Waals surface area contributed by atoms with E-state index < -0.39 is 41.9 Å². The van der Waals surface area contributed by atoms with E-state index in [0.29, 0.717) is 26.0 Å². The summed E-state index contributed by atoms with van der Waals surface area (Å²) in [6, 6.07) is 29.3. The molecule has 7 N–H and O–H groups in total. The minimum atomic E-state index is -1.00. The van der Waals surface area contributed by atoms with Gasteiger partial charge in [-0.2, -0.15) is 0 Å². The average molecular weight is 708 g/mol. The Kier molecular flexibility index (Phi) is 15.2. The van der Waals surface area contributed by atoms with E-state index in [0.717, 1.165) is 39.1 Å². The Morgan fingerprint density at radius 3 is 1.79 bits per heavy atom. The van der Waals surface area contributed by atoms with Crippen LogP contribution in [0.4, 0.5) is 4.79 Å². The standard InChI is InChI=1S/C41H49N5O6/c1-28-22-33(51-26-31-16-8-4-9-17-31)23-29(2)34(28)25-35(42)39(48)45-36(40(49)46-37(38(43)47)24-30-14-6-3-7-15-30)20-12-13-21-44-41(50)52-27-32-18-10-5-11-19-32/h3-11,14-19,22-23,35-37H,12-13,20-21,24-27,42H2,1-2H3,(H2,43,47)(H,44,50)(H,45,48)(H,46,49). The molecule has 0 aliphatic rings. The van der Waals surface area contributed by atoms with E-state index >= 15 is 0 Å². The quantitative estimate of drug-likeness (QED) is 0.0889. The highest BCUT2D eigenvalue weighted by Crippen LogP contribution is 2.24. The van der Waals surface area contributed by atoms with Crippen molar-refractivity contribution in [2.75, 3.05) is 6.54 Å². The summed E-state index contributed by atoms with van der Waals surface area (Å²) >= 11 is 0. The molecule has 0 saturated heterocycles. The molecule has 4 aromatic rings. The molecule has 0 aromatic heterocycles. The molecule has 0 radical (unpaired) electrons. The van der Waals surface area contributed by atoms with Crippen molar-refractivity contribution in [3.05, 3.63) is 137 Å². The number of hydrogen-bond donors (Lipinski definition) is 5. The van der Waals surface area contributed by atoms with Crippen molar-refractivity contribution >= 4 is 23.8 Å². The second-order valence-corrected chi connectivity index (χ2v) is 12.8. The zero-order valence-electron chi connectivity index (χ0n) is 29.8. The summed E-state index contributed by atoms with van der Waals surface area (Å²) in [7, 11) is 0. The fourth-order valence-corrected chi connectivity index (χ4v) is 5.74.